The molecule has 0 spiro atoms. The molecule has 6 nitrogen and oxygen atoms in total. The highest BCUT2D eigenvalue weighted by atomic mass is 16.1. The molecule has 2 N–H and O–H groups in total. The molecule has 1 aromatic rings. The SMILES string of the molecule is Cc1c(C(N)=O)nnn1CCCN(C)C. The number of aryl methyl sites for hydroxylation is 1. The Balaban J connectivity index is 2.59. The van der Waals surface area contributed by atoms with Gasteiger partial charge in [0.05, 0.1) is 5.69 Å². The van der Waals surface area contributed by atoms with Crippen molar-refractivity contribution in [3.8, 4) is 0 Å². The minimum atomic E-state index is -0.522. The van der Waals surface area contributed by atoms with E-state index in [9.17, 15) is 4.79 Å². The zero-order valence-corrected chi connectivity index (χ0v) is 9.40. The minimum Gasteiger partial charge on any atom is -0.364 e. The average molecular weight is 211 g/mol. The van der Waals surface area contributed by atoms with Gasteiger partial charge in [0.25, 0.3) is 5.91 Å². The fourth-order valence-corrected chi connectivity index (χ4v) is 1.34. The van der Waals surface area contributed by atoms with E-state index in [4.69, 9.17) is 5.73 Å². The van der Waals surface area contributed by atoms with Crippen LogP contribution in [-0.2, 0) is 6.54 Å². The molecule has 1 amide bonds. The summed E-state index contributed by atoms with van der Waals surface area (Å²) in [6, 6.07) is 0. The molecule has 1 rings (SSSR count). The van der Waals surface area contributed by atoms with Crippen LogP contribution >= 0.6 is 0 Å². The Morgan fingerprint density at radius 3 is 2.67 bits per heavy atom. The Morgan fingerprint density at radius 2 is 2.20 bits per heavy atom. The summed E-state index contributed by atoms with van der Waals surface area (Å²) in [6.45, 7) is 3.53. The molecular weight excluding hydrogens is 194 g/mol. The molecule has 0 aromatic carbocycles. The maximum atomic E-state index is 10.9. The van der Waals surface area contributed by atoms with Crippen LogP contribution < -0.4 is 5.73 Å². The van der Waals surface area contributed by atoms with E-state index in [0.717, 1.165) is 25.2 Å². The summed E-state index contributed by atoms with van der Waals surface area (Å²) >= 11 is 0. The predicted molar refractivity (Wildman–Crippen MR) is 56.4 cm³/mol. The van der Waals surface area contributed by atoms with Crippen molar-refractivity contribution in [2.24, 2.45) is 5.73 Å². The lowest BCUT2D eigenvalue weighted by Crippen LogP contribution is -2.16. The quantitative estimate of drug-likeness (QED) is 0.721. The summed E-state index contributed by atoms with van der Waals surface area (Å²) in [4.78, 5) is 13.0. The Morgan fingerprint density at radius 1 is 1.53 bits per heavy atom. The van der Waals surface area contributed by atoms with Crippen LogP contribution in [-0.4, -0.2) is 46.4 Å². The number of primary amides is 1. The van der Waals surface area contributed by atoms with E-state index >= 15 is 0 Å². The molecule has 0 saturated carbocycles. The van der Waals surface area contributed by atoms with Crippen molar-refractivity contribution in [1.29, 1.82) is 0 Å². The van der Waals surface area contributed by atoms with Crippen LogP contribution in [0.2, 0.25) is 0 Å². The summed E-state index contributed by atoms with van der Waals surface area (Å²) in [7, 11) is 4.03. The first-order valence-electron chi connectivity index (χ1n) is 4.87. The second-order valence-corrected chi connectivity index (χ2v) is 3.77. The van der Waals surface area contributed by atoms with E-state index in [1.165, 1.54) is 0 Å². The molecule has 1 aromatic heterocycles. The van der Waals surface area contributed by atoms with Crippen molar-refractivity contribution in [2.45, 2.75) is 19.9 Å². The molecule has 15 heavy (non-hydrogen) atoms. The maximum Gasteiger partial charge on any atom is 0.271 e. The minimum absolute atomic E-state index is 0.264. The highest BCUT2D eigenvalue weighted by molar-refractivity contribution is 5.91. The van der Waals surface area contributed by atoms with Crippen LogP contribution in [0.5, 0.6) is 0 Å². The van der Waals surface area contributed by atoms with Crippen molar-refractivity contribution in [3.63, 3.8) is 0 Å². The van der Waals surface area contributed by atoms with Gasteiger partial charge >= 0.3 is 0 Å². The molecule has 6 heteroatoms. The van der Waals surface area contributed by atoms with Gasteiger partial charge in [-0.1, -0.05) is 5.21 Å². The van der Waals surface area contributed by atoms with Crippen LogP contribution in [0.3, 0.4) is 0 Å². The van der Waals surface area contributed by atoms with Crippen molar-refractivity contribution < 1.29 is 4.79 Å². The molecule has 0 aliphatic heterocycles. The first kappa shape index (κ1) is 11.6. The van der Waals surface area contributed by atoms with Crippen molar-refractivity contribution in [2.75, 3.05) is 20.6 Å². The van der Waals surface area contributed by atoms with E-state index in [-0.39, 0.29) is 5.69 Å². The Hall–Kier alpha value is -1.43. The van der Waals surface area contributed by atoms with Crippen LogP contribution in [0.25, 0.3) is 0 Å². The Kier molecular flexibility index (Phi) is 3.79. The van der Waals surface area contributed by atoms with E-state index in [1.807, 2.05) is 14.1 Å². The van der Waals surface area contributed by atoms with Gasteiger partial charge in [-0.2, -0.15) is 0 Å². The first-order chi connectivity index (χ1) is 7.02. The Bertz CT molecular complexity index is 344. The largest absolute Gasteiger partial charge is 0.364 e. The molecule has 0 aliphatic rings. The summed E-state index contributed by atoms with van der Waals surface area (Å²) in [6.07, 6.45) is 0.968. The van der Waals surface area contributed by atoms with Gasteiger partial charge in [0, 0.05) is 6.54 Å². The molecule has 0 unspecified atom stereocenters. The number of carbonyl (C=O) groups excluding carboxylic acids is 1. The van der Waals surface area contributed by atoms with Gasteiger partial charge in [-0.25, -0.2) is 4.68 Å². The Labute approximate surface area is 89.0 Å². The standard InChI is InChI=1S/C9H17N5O/c1-7-8(9(10)15)11-12-14(7)6-4-5-13(2)3/h4-6H2,1-3H3,(H2,10,15). The van der Waals surface area contributed by atoms with Crippen LogP contribution in [0.1, 0.15) is 22.6 Å². The first-order valence-corrected chi connectivity index (χ1v) is 4.87. The van der Waals surface area contributed by atoms with Gasteiger partial charge in [0.15, 0.2) is 5.69 Å². The highest BCUT2D eigenvalue weighted by Crippen LogP contribution is 2.03. The second-order valence-electron chi connectivity index (χ2n) is 3.77. The van der Waals surface area contributed by atoms with E-state index in [1.54, 1.807) is 11.6 Å². The third-order valence-corrected chi connectivity index (χ3v) is 2.19. The van der Waals surface area contributed by atoms with Gasteiger partial charge in [-0.05, 0) is 34.0 Å². The van der Waals surface area contributed by atoms with Gasteiger partial charge in [0.2, 0.25) is 0 Å². The number of carbonyl (C=O) groups is 1. The number of amides is 1. The number of hydrogen-bond donors (Lipinski definition) is 1. The molecule has 84 valence electrons. The van der Waals surface area contributed by atoms with E-state index < -0.39 is 5.91 Å². The highest BCUT2D eigenvalue weighted by Gasteiger charge is 2.12. The molecule has 0 aliphatic carbocycles. The number of hydrogen-bond acceptors (Lipinski definition) is 4. The van der Waals surface area contributed by atoms with Crippen molar-refractivity contribution in [3.05, 3.63) is 11.4 Å². The van der Waals surface area contributed by atoms with Crippen LogP contribution in [0.15, 0.2) is 0 Å². The molecule has 0 radical (unpaired) electrons. The maximum absolute atomic E-state index is 10.9. The summed E-state index contributed by atoms with van der Waals surface area (Å²) in [5, 5.41) is 7.62. The van der Waals surface area contributed by atoms with E-state index in [0.29, 0.717) is 0 Å². The number of aromatic nitrogens is 3. The average Bonchev–Trinajstić information content (AvgIpc) is 2.47. The zero-order valence-electron chi connectivity index (χ0n) is 9.40. The normalized spacial score (nSPS) is 10.9. The van der Waals surface area contributed by atoms with Crippen LogP contribution in [0.4, 0.5) is 0 Å². The summed E-state index contributed by atoms with van der Waals surface area (Å²) in [5.41, 5.74) is 6.14. The predicted octanol–water partition coefficient (Wildman–Crippen LogP) is -0.363. The fraction of sp³-hybridized carbons (Fsp3) is 0.667. The molecular formula is C9H17N5O. The van der Waals surface area contributed by atoms with Crippen molar-refractivity contribution >= 4 is 5.91 Å². The van der Waals surface area contributed by atoms with Gasteiger partial charge < -0.3 is 10.6 Å². The lowest BCUT2D eigenvalue weighted by atomic mass is 10.3. The lowest BCUT2D eigenvalue weighted by Gasteiger charge is -2.09. The zero-order chi connectivity index (χ0) is 11.4. The third-order valence-electron chi connectivity index (χ3n) is 2.19. The fourth-order valence-electron chi connectivity index (χ4n) is 1.34. The number of nitrogens with zero attached hydrogens (tertiary/aromatic N) is 4. The molecule has 0 saturated heterocycles. The smallest absolute Gasteiger partial charge is 0.271 e. The van der Waals surface area contributed by atoms with Gasteiger partial charge in [0.1, 0.15) is 0 Å². The molecule has 0 fully saturated rings. The van der Waals surface area contributed by atoms with Gasteiger partial charge in [-0.3, -0.25) is 4.79 Å². The van der Waals surface area contributed by atoms with E-state index in [2.05, 4.69) is 15.2 Å². The molecule has 1 heterocycles. The van der Waals surface area contributed by atoms with Crippen LogP contribution in [0, 0.1) is 6.92 Å². The van der Waals surface area contributed by atoms with Gasteiger partial charge in [-0.15, -0.1) is 5.10 Å². The lowest BCUT2D eigenvalue weighted by molar-refractivity contribution is 0.0995. The monoisotopic (exact) mass is 211 g/mol. The summed E-state index contributed by atoms with van der Waals surface area (Å²) < 4.78 is 1.71. The third kappa shape index (κ3) is 3.02. The molecule has 0 atom stereocenters. The molecule has 0 bridgehead atoms. The summed E-state index contributed by atoms with van der Waals surface area (Å²) in [5.74, 6) is -0.522. The van der Waals surface area contributed by atoms with Crippen molar-refractivity contribution in [1.82, 2.24) is 19.9 Å². The number of rotatable bonds is 5. The number of nitrogens with two attached hydrogens (primary N) is 1. The second kappa shape index (κ2) is 4.88. The topological polar surface area (TPSA) is 77.0 Å².